The van der Waals surface area contributed by atoms with Crippen molar-refractivity contribution in [3.8, 4) is 0 Å². The van der Waals surface area contributed by atoms with E-state index in [-0.39, 0.29) is 0 Å². The molecule has 1 heterocycles. The number of unbranched alkanes of at least 4 members (excludes halogenated alkanes) is 1. The van der Waals surface area contributed by atoms with Crippen molar-refractivity contribution in [2.75, 3.05) is 5.88 Å². The van der Waals surface area contributed by atoms with Crippen LogP contribution in [-0.4, -0.2) is 15.6 Å². The molecule has 1 aliphatic heterocycles. The lowest BCUT2D eigenvalue weighted by atomic mass is 10.2. The molecule has 0 aromatic carbocycles. The number of halogens is 1. The molecule has 11 heavy (non-hydrogen) atoms. The highest BCUT2D eigenvalue weighted by atomic mass is 35.5. The first-order valence-corrected chi connectivity index (χ1v) is 5.34. The van der Waals surface area contributed by atoms with Gasteiger partial charge in [-0.1, -0.05) is 0 Å². The monoisotopic (exact) mass is 191 g/mol. The first-order chi connectivity index (χ1) is 5.33. The molecule has 0 fully saturated rings. The van der Waals surface area contributed by atoms with Gasteiger partial charge in [-0.25, -0.2) is 4.21 Å². The van der Waals surface area contributed by atoms with E-state index in [1.807, 2.05) is 0 Å². The van der Waals surface area contributed by atoms with Gasteiger partial charge in [0.2, 0.25) is 0 Å². The molecule has 0 aromatic heterocycles. The van der Waals surface area contributed by atoms with Gasteiger partial charge >= 0.3 is 0 Å². The minimum absolute atomic E-state index is 0.695. The topological polar surface area (TPSA) is 29.4 Å². The second kappa shape index (κ2) is 4.67. The Morgan fingerprint density at radius 3 is 2.91 bits per heavy atom. The van der Waals surface area contributed by atoms with Crippen LogP contribution in [0.25, 0.3) is 0 Å². The van der Waals surface area contributed by atoms with E-state index in [1.54, 1.807) is 5.41 Å². The first-order valence-electron chi connectivity index (χ1n) is 3.53. The second-order valence-electron chi connectivity index (χ2n) is 2.32. The maximum absolute atomic E-state index is 10.7. The molecule has 0 N–H and O–H groups in total. The summed E-state index contributed by atoms with van der Waals surface area (Å²) in [5, 5.41) is 1.69. The predicted octanol–water partition coefficient (Wildman–Crippen LogP) is 2.03. The lowest BCUT2D eigenvalue weighted by Crippen LogP contribution is -1.79. The van der Waals surface area contributed by atoms with E-state index in [0.29, 0.717) is 5.88 Å². The van der Waals surface area contributed by atoms with E-state index in [9.17, 15) is 4.21 Å². The van der Waals surface area contributed by atoms with Gasteiger partial charge in [0.25, 0.3) is 0 Å². The number of hydrogen-bond acceptors (Lipinski definition) is 2. The standard InChI is InChI=1S/C7H10ClNOS/c8-4-2-1-3-7-5-11(10)6-9-7/h5-6H,1-4H2. The van der Waals surface area contributed by atoms with E-state index >= 15 is 0 Å². The van der Waals surface area contributed by atoms with Crippen LogP contribution in [0.5, 0.6) is 0 Å². The van der Waals surface area contributed by atoms with Gasteiger partial charge in [0, 0.05) is 11.3 Å². The van der Waals surface area contributed by atoms with E-state index in [2.05, 4.69) is 4.99 Å². The van der Waals surface area contributed by atoms with Gasteiger partial charge in [-0.15, -0.1) is 11.6 Å². The van der Waals surface area contributed by atoms with Crippen LogP contribution in [0.4, 0.5) is 0 Å². The van der Waals surface area contributed by atoms with E-state index in [4.69, 9.17) is 11.6 Å². The lowest BCUT2D eigenvalue weighted by molar-refractivity contribution is 0.695. The zero-order chi connectivity index (χ0) is 8.10. The van der Waals surface area contributed by atoms with E-state index < -0.39 is 10.8 Å². The summed E-state index contributed by atoms with van der Waals surface area (Å²) < 4.78 is 10.7. The van der Waals surface area contributed by atoms with Crippen LogP contribution in [0.2, 0.25) is 0 Å². The van der Waals surface area contributed by atoms with Gasteiger partial charge in [0.15, 0.2) is 0 Å². The van der Waals surface area contributed by atoms with Crippen LogP contribution in [-0.2, 0) is 10.8 Å². The summed E-state index contributed by atoms with van der Waals surface area (Å²) in [6.07, 6.45) is 2.93. The van der Waals surface area contributed by atoms with Crippen molar-refractivity contribution in [1.82, 2.24) is 0 Å². The summed E-state index contributed by atoms with van der Waals surface area (Å²) in [6, 6.07) is 0. The average molecular weight is 192 g/mol. The zero-order valence-electron chi connectivity index (χ0n) is 6.12. The van der Waals surface area contributed by atoms with Crippen LogP contribution in [0.15, 0.2) is 16.1 Å². The Bertz CT molecular complexity index is 212. The zero-order valence-corrected chi connectivity index (χ0v) is 7.70. The van der Waals surface area contributed by atoms with Crippen molar-refractivity contribution in [1.29, 1.82) is 0 Å². The van der Waals surface area contributed by atoms with Crippen molar-refractivity contribution in [3.63, 3.8) is 0 Å². The molecular weight excluding hydrogens is 182 g/mol. The molecular formula is C7H10ClNOS. The molecule has 1 rings (SSSR count). The van der Waals surface area contributed by atoms with Crippen molar-refractivity contribution < 1.29 is 4.21 Å². The first kappa shape index (κ1) is 8.94. The summed E-state index contributed by atoms with van der Waals surface area (Å²) in [5.41, 5.74) is 2.41. The smallest absolute Gasteiger partial charge is 0.0956 e. The van der Waals surface area contributed by atoms with E-state index in [1.165, 1.54) is 5.55 Å². The molecule has 0 aromatic rings. The summed E-state index contributed by atoms with van der Waals surface area (Å²) in [7, 11) is -0.945. The lowest BCUT2D eigenvalue weighted by Gasteiger charge is -1.94. The number of aliphatic imine (C=N–C) groups is 1. The van der Waals surface area contributed by atoms with E-state index in [0.717, 1.165) is 25.0 Å². The molecule has 0 saturated heterocycles. The van der Waals surface area contributed by atoms with Gasteiger partial charge in [0.1, 0.15) is 0 Å². The minimum Gasteiger partial charge on any atom is -0.251 e. The molecule has 0 aliphatic carbocycles. The van der Waals surface area contributed by atoms with Crippen LogP contribution in [0.1, 0.15) is 19.3 Å². The Hall–Kier alpha value is -0.150. The van der Waals surface area contributed by atoms with Crippen molar-refractivity contribution in [3.05, 3.63) is 11.1 Å². The highest BCUT2D eigenvalue weighted by molar-refractivity contribution is 8.01. The van der Waals surface area contributed by atoms with Gasteiger partial charge in [-0.3, -0.25) is 4.99 Å². The van der Waals surface area contributed by atoms with Crippen LogP contribution in [0, 0.1) is 0 Å². The maximum atomic E-state index is 10.7. The molecule has 1 unspecified atom stereocenters. The quantitative estimate of drug-likeness (QED) is 0.494. The third-order valence-corrected chi connectivity index (χ3v) is 2.48. The highest BCUT2D eigenvalue weighted by Gasteiger charge is 2.03. The summed E-state index contributed by atoms with van der Waals surface area (Å²) >= 11 is 5.50. The number of allylic oxidation sites excluding steroid dienone is 1. The molecule has 1 atom stereocenters. The van der Waals surface area contributed by atoms with Crippen LogP contribution < -0.4 is 0 Å². The fourth-order valence-corrected chi connectivity index (χ4v) is 1.77. The largest absolute Gasteiger partial charge is 0.251 e. The Kier molecular flexibility index (Phi) is 3.80. The number of nitrogens with zero attached hydrogens (tertiary/aromatic N) is 1. The average Bonchev–Trinajstić information content (AvgIpc) is 2.37. The van der Waals surface area contributed by atoms with Crippen LogP contribution in [0.3, 0.4) is 0 Å². The van der Waals surface area contributed by atoms with Crippen molar-refractivity contribution in [2.24, 2.45) is 4.99 Å². The van der Waals surface area contributed by atoms with Gasteiger partial charge in [0.05, 0.1) is 22.0 Å². The van der Waals surface area contributed by atoms with Gasteiger partial charge in [-0.05, 0) is 19.3 Å². The minimum atomic E-state index is -0.945. The third kappa shape index (κ3) is 3.16. The van der Waals surface area contributed by atoms with Gasteiger partial charge < -0.3 is 0 Å². The molecule has 62 valence electrons. The molecule has 1 aliphatic rings. The third-order valence-electron chi connectivity index (χ3n) is 1.39. The maximum Gasteiger partial charge on any atom is 0.0956 e. The molecule has 2 nitrogen and oxygen atoms in total. The Balaban J connectivity index is 2.23. The van der Waals surface area contributed by atoms with Crippen molar-refractivity contribution >= 4 is 27.9 Å². The summed E-state index contributed by atoms with van der Waals surface area (Å²) in [6.45, 7) is 0. The highest BCUT2D eigenvalue weighted by Crippen LogP contribution is 2.13. The normalized spacial score (nSPS) is 22.3. The fraction of sp³-hybridized carbons (Fsp3) is 0.571. The molecule has 0 spiro atoms. The Morgan fingerprint density at radius 2 is 2.36 bits per heavy atom. The number of alkyl halides is 1. The fourth-order valence-electron chi connectivity index (χ4n) is 0.839. The van der Waals surface area contributed by atoms with Gasteiger partial charge in [-0.2, -0.15) is 0 Å². The molecule has 0 bridgehead atoms. The summed E-state index contributed by atoms with van der Waals surface area (Å²) in [5.74, 6) is 0.695. The SMILES string of the molecule is O=S1C=NC(CCCCCl)=C1. The molecule has 4 heteroatoms. The number of rotatable bonds is 4. The molecule has 0 amide bonds. The predicted molar refractivity (Wildman–Crippen MR) is 49.3 cm³/mol. The Labute approximate surface area is 73.8 Å². The second-order valence-corrected chi connectivity index (χ2v) is 3.80. The molecule has 0 saturated carbocycles. The molecule has 0 radical (unpaired) electrons. The van der Waals surface area contributed by atoms with Crippen LogP contribution >= 0.6 is 11.6 Å². The number of hydrogen-bond donors (Lipinski definition) is 0. The van der Waals surface area contributed by atoms with Crippen molar-refractivity contribution in [2.45, 2.75) is 19.3 Å². The summed E-state index contributed by atoms with van der Waals surface area (Å²) in [4.78, 5) is 3.98. The Morgan fingerprint density at radius 1 is 1.55 bits per heavy atom.